The van der Waals surface area contributed by atoms with Crippen LogP contribution in [-0.4, -0.2) is 37.2 Å². The summed E-state index contributed by atoms with van der Waals surface area (Å²) in [5, 5.41) is 0. The Morgan fingerprint density at radius 3 is 0.763 bits per heavy atom. The Kier molecular flexibility index (Phi) is 62.2. The van der Waals surface area contributed by atoms with Gasteiger partial charge in [0.05, 0.1) is 0 Å². The van der Waals surface area contributed by atoms with Gasteiger partial charge in [-0.25, -0.2) is 0 Å². The van der Waals surface area contributed by atoms with E-state index in [1.807, 2.05) is 0 Å². The van der Waals surface area contributed by atoms with Crippen LogP contribution in [0, 0.1) is 0 Å². The number of unbranched alkanes of at least 4 members (excludes halogenated alkanes) is 40. The number of allylic oxidation sites excluding steroid dienone is 10. The number of esters is 3. The van der Waals surface area contributed by atoms with Gasteiger partial charge in [0.15, 0.2) is 6.10 Å². The smallest absolute Gasteiger partial charge is 0.306 e. The molecular weight excluding hydrogens is 937 g/mol. The first-order chi connectivity index (χ1) is 37.5. The standard InChI is InChI=1S/C70H126O6/c1-4-7-10-13-16-19-22-25-28-30-32-33-34-35-36-38-39-42-45-48-51-54-57-60-63-69(72)75-66-67(65-74-68(71)62-59-56-53-50-47-44-41-27-24-21-18-15-12-9-6-3)76-70(73)64-61-58-55-52-49-46-43-40-37-31-29-26-23-20-17-14-11-8-5-2/h17-18,20-21,26-27,29,37,40-41,67H,4-16,19,22-25,28,30-36,38-39,42-66H2,1-3H3/b20-17-,21-18-,29-26-,40-37-,41-27-. The molecule has 0 aromatic rings. The van der Waals surface area contributed by atoms with Crippen molar-refractivity contribution in [2.75, 3.05) is 13.2 Å². The molecule has 0 amide bonds. The lowest BCUT2D eigenvalue weighted by molar-refractivity contribution is -0.167. The zero-order valence-electron chi connectivity index (χ0n) is 50.8. The van der Waals surface area contributed by atoms with Crippen LogP contribution in [0.3, 0.4) is 0 Å². The van der Waals surface area contributed by atoms with Crippen molar-refractivity contribution >= 4 is 17.9 Å². The van der Waals surface area contributed by atoms with E-state index in [1.165, 1.54) is 205 Å². The van der Waals surface area contributed by atoms with Crippen LogP contribution in [0.1, 0.15) is 348 Å². The molecule has 0 aromatic heterocycles. The molecule has 0 rings (SSSR count). The molecule has 0 saturated heterocycles. The van der Waals surface area contributed by atoms with Crippen LogP contribution in [0.5, 0.6) is 0 Å². The third kappa shape index (κ3) is 62.0. The van der Waals surface area contributed by atoms with Crippen LogP contribution in [0.15, 0.2) is 60.8 Å². The Bertz CT molecular complexity index is 1360. The van der Waals surface area contributed by atoms with E-state index in [-0.39, 0.29) is 31.1 Å². The zero-order valence-corrected chi connectivity index (χ0v) is 50.8. The van der Waals surface area contributed by atoms with Crippen molar-refractivity contribution in [2.24, 2.45) is 0 Å². The van der Waals surface area contributed by atoms with Gasteiger partial charge in [-0.3, -0.25) is 14.4 Å². The molecule has 0 aliphatic heterocycles. The van der Waals surface area contributed by atoms with Crippen molar-refractivity contribution in [1.82, 2.24) is 0 Å². The Morgan fingerprint density at radius 1 is 0.263 bits per heavy atom. The summed E-state index contributed by atoms with van der Waals surface area (Å²) in [6, 6.07) is 0. The van der Waals surface area contributed by atoms with E-state index >= 15 is 0 Å². The van der Waals surface area contributed by atoms with E-state index in [4.69, 9.17) is 14.2 Å². The maximum absolute atomic E-state index is 12.9. The third-order valence-electron chi connectivity index (χ3n) is 14.7. The topological polar surface area (TPSA) is 78.9 Å². The van der Waals surface area contributed by atoms with Gasteiger partial charge >= 0.3 is 17.9 Å². The van der Waals surface area contributed by atoms with Gasteiger partial charge in [-0.05, 0) is 89.9 Å². The molecule has 0 aromatic carbocycles. The molecule has 442 valence electrons. The molecule has 0 radical (unpaired) electrons. The number of hydrogen-bond donors (Lipinski definition) is 0. The summed E-state index contributed by atoms with van der Waals surface area (Å²) in [6.07, 6.45) is 82.3. The second kappa shape index (κ2) is 64.6. The summed E-state index contributed by atoms with van der Waals surface area (Å²) in [5.41, 5.74) is 0. The number of ether oxygens (including phenoxy) is 3. The Hall–Kier alpha value is -2.89. The van der Waals surface area contributed by atoms with Crippen molar-refractivity contribution in [3.05, 3.63) is 60.8 Å². The molecule has 0 bridgehead atoms. The maximum Gasteiger partial charge on any atom is 0.306 e. The predicted molar refractivity (Wildman–Crippen MR) is 330 cm³/mol. The second-order valence-electron chi connectivity index (χ2n) is 22.4. The van der Waals surface area contributed by atoms with Crippen LogP contribution in [0.4, 0.5) is 0 Å². The van der Waals surface area contributed by atoms with Crippen molar-refractivity contribution in [1.29, 1.82) is 0 Å². The fraction of sp³-hybridized carbons (Fsp3) is 0.814. The number of carbonyl (C=O) groups excluding carboxylic acids is 3. The summed E-state index contributed by atoms with van der Waals surface area (Å²) in [5.74, 6) is -0.889. The molecular formula is C70H126O6. The second-order valence-corrected chi connectivity index (χ2v) is 22.4. The molecule has 0 saturated carbocycles. The number of rotatable bonds is 61. The minimum atomic E-state index is -0.787. The van der Waals surface area contributed by atoms with E-state index < -0.39 is 6.10 Å². The molecule has 1 atom stereocenters. The van der Waals surface area contributed by atoms with Crippen LogP contribution in [-0.2, 0) is 28.6 Å². The number of hydrogen-bond acceptors (Lipinski definition) is 6. The molecule has 0 heterocycles. The highest BCUT2D eigenvalue weighted by Crippen LogP contribution is 2.17. The Balaban J connectivity index is 4.32. The summed E-state index contributed by atoms with van der Waals surface area (Å²) in [4.78, 5) is 38.4. The first kappa shape index (κ1) is 73.1. The van der Waals surface area contributed by atoms with E-state index in [2.05, 4.69) is 81.5 Å². The average Bonchev–Trinajstić information content (AvgIpc) is 3.42. The molecule has 0 spiro atoms. The molecule has 76 heavy (non-hydrogen) atoms. The van der Waals surface area contributed by atoms with E-state index in [0.717, 1.165) is 103 Å². The summed E-state index contributed by atoms with van der Waals surface area (Å²) in [6.45, 7) is 6.62. The van der Waals surface area contributed by atoms with Crippen LogP contribution >= 0.6 is 0 Å². The van der Waals surface area contributed by atoms with Crippen molar-refractivity contribution in [2.45, 2.75) is 354 Å². The molecule has 0 aliphatic rings. The largest absolute Gasteiger partial charge is 0.462 e. The van der Waals surface area contributed by atoms with Crippen molar-refractivity contribution < 1.29 is 28.6 Å². The molecule has 0 aliphatic carbocycles. The highest BCUT2D eigenvalue weighted by molar-refractivity contribution is 5.71. The minimum Gasteiger partial charge on any atom is -0.462 e. The molecule has 1 unspecified atom stereocenters. The van der Waals surface area contributed by atoms with Crippen molar-refractivity contribution in [3.63, 3.8) is 0 Å². The minimum absolute atomic E-state index is 0.0811. The highest BCUT2D eigenvalue weighted by atomic mass is 16.6. The first-order valence-electron chi connectivity index (χ1n) is 33.3. The van der Waals surface area contributed by atoms with E-state index in [0.29, 0.717) is 19.3 Å². The van der Waals surface area contributed by atoms with E-state index in [1.54, 1.807) is 0 Å². The van der Waals surface area contributed by atoms with Gasteiger partial charge < -0.3 is 14.2 Å². The zero-order chi connectivity index (χ0) is 55.0. The maximum atomic E-state index is 12.9. The summed E-state index contributed by atoms with van der Waals surface area (Å²) in [7, 11) is 0. The Morgan fingerprint density at radius 2 is 0.474 bits per heavy atom. The van der Waals surface area contributed by atoms with Gasteiger partial charge in [0.1, 0.15) is 13.2 Å². The quantitative estimate of drug-likeness (QED) is 0.0261. The normalized spacial score (nSPS) is 12.4. The lowest BCUT2D eigenvalue weighted by Gasteiger charge is -2.18. The van der Waals surface area contributed by atoms with Crippen LogP contribution in [0.2, 0.25) is 0 Å². The lowest BCUT2D eigenvalue weighted by Crippen LogP contribution is -2.30. The number of carbonyl (C=O) groups is 3. The Labute approximate surface area is 472 Å². The van der Waals surface area contributed by atoms with Gasteiger partial charge in [-0.2, -0.15) is 0 Å². The SMILES string of the molecule is CCCCC/C=C\C/C=C\C/C=C\CCCCCCCCC(=O)OC(COC(=O)CCCCCCC/C=C\C/C=C\CCCCC)COC(=O)CCCCCCCCCCCCCCCCCCCCCCCCCC. The highest BCUT2D eigenvalue weighted by Gasteiger charge is 2.19. The van der Waals surface area contributed by atoms with Crippen LogP contribution in [0.25, 0.3) is 0 Å². The summed E-state index contributed by atoms with van der Waals surface area (Å²) < 4.78 is 16.9. The van der Waals surface area contributed by atoms with Gasteiger partial charge in [0, 0.05) is 19.3 Å². The molecule has 0 N–H and O–H groups in total. The van der Waals surface area contributed by atoms with Crippen LogP contribution < -0.4 is 0 Å². The lowest BCUT2D eigenvalue weighted by atomic mass is 10.0. The van der Waals surface area contributed by atoms with Gasteiger partial charge in [0.25, 0.3) is 0 Å². The van der Waals surface area contributed by atoms with E-state index in [9.17, 15) is 14.4 Å². The van der Waals surface area contributed by atoms with Gasteiger partial charge in [0.2, 0.25) is 0 Å². The van der Waals surface area contributed by atoms with Crippen molar-refractivity contribution in [3.8, 4) is 0 Å². The monoisotopic (exact) mass is 1060 g/mol. The molecule has 0 fully saturated rings. The summed E-state index contributed by atoms with van der Waals surface area (Å²) >= 11 is 0. The molecule has 6 nitrogen and oxygen atoms in total. The van der Waals surface area contributed by atoms with Gasteiger partial charge in [-0.1, -0.05) is 300 Å². The predicted octanol–water partition coefficient (Wildman–Crippen LogP) is 22.7. The fourth-order valence-electron chi connectivity index (χ4n) is 9.72. The van der Waals surface area contributed by atoms with Gasteiger partial charge in [-0.15, -0.1) is 0 Å². The first-order valence-corrected chi connectivity index (χ1v) is 33.3. The fourth-order valence-corrected chi connectivity index (χ4v) is 9.72. The average molecular weight is 1060 g/mol. The molecule has 6 heteroatoms. The third-order valence-corrected chi connectivity index (χ3v) is 14.7.